The molecular formula is C13H18N2O. The number of rotatable bonds is 2. The van der Waals surface area contributed by atoms with Gasteiger partial charge in [-0.3, -0.25) is 9.78 Å². The van der Waals surface area contributed by atoms with Crippen LogP contribution in [-0.2, 0) is 11.2 Å². The fourth-order valence-corrected chi connectivity index (χ4v) is 2.25. The molecule has 1 fully saturated rings. The largest absolute Gasteiger partial charge is 0.340 e. The molecule has 0 N–H and O–H groups in total. The van der Waals surface area contributed by atoms with Crippen molar-refractivity contribution in [2.45, 2.75) is 38.6 Å². The number of nitrogens with zero attached hydrogens (tertiary/aromatic N) is 2. The summed E-state index contributed by atoms with van der Waals surface area (Å²) >= 11 is 0. The number of aromatic nitrogens is 1. The zero-order chi connectivity index (χ0) is 11.4. The minimum Gasteiger partial charge on any atom is -0.340 e. The molecule has 1 aromatic heterocycles. The molecule has 0 saturated carbocycles. The van der Waals surface area contributed by atoms with Crippen molar-refractivity contribution >= 4 is 5.91 Å². The predicted molar refractivity (Wildman–Crippen MR) is 63.0 cm³/mol. The minimum absolute atomic E-state index is 0.236. The lowest BCUT2D eigenvalue weighted by atomic mass is 10.0. The lowest BCUT2D eigenvalue weighted by Gasteiger charge is -2.33. The Labute approximate surface area is 96.5 Å². The first-order chi connectivity index (χ1) is 7.77. The van der Waals surface area contributed by atoms with Gasteiger partial charge in [0.2, 0.25) is 5.91 Å². The van der Waals surface area contributed by atoms with Crippen molar-refractivity contribution in [1.82, 2.24) is 9.88 Å². The van der Waals surface area contributed by atoms with E-state index in [4.69, 9.17) is 0 Å². The summed E-state index contributed by atoms with van der Waals surface area (Å²) in [7, 11) is 0. The summed E-state index contributed by atoms with van der Waals surface area (Å²) in [5, 5.41) is 0. The molecule has 1 aliphatic rings. The van der Waals surface area contributed by atoms with Crippen LogP contribution in [0.15, 0.2) is 24.5 Å². The molecule has 0 bridgehead atoms. The monoisotopic (exact) mass is 218 g/mol. The van der Waals surface area contributed by atoms with Crippen molar-refractivity contribution < 1.29 is 4.79 Å². The van der Waals surface area contributed by atoms with E-state index in [9.17, 15) is 4.79 Å². The molecule has 2 rings (SSSR count). The maximum Gasteiger partial charge on any atom is 0.227 e. The quantitative estimate of drug-likeness (QED) is 0.761. The van der Waals surface area contributed by atoms with E-state index < -0.39 is 0 Å². The molecule has 1 atom stereocenters. The van der Waals surface area contributed by atoms with Crippen molar-refractivity contribution in [3.8, 4) is 0 Å². The van der Waals surface area contributed by atoms with Crippen LogP contribution >= 0.6 is 0 Å². The molecule has 2 heterocycles. The van der Waals surface area contributed by atoms with Gasteiger partial charge in [-0.25, -0.2) is 0 Å². The molecule has 1 aliphatic heterocycles. The Morgan fingerprint density at radius 2 is 2.44 bits per heavy atom. The Kier molecular flexibility index (Phi) is 3.54. The second-order valence-corrected chi connectivity index (χ2v) is 4.47. The fraction of sp³-hybridized carbons (Fsp3) is 0.538. The van der Waals surface area contributed by atoms with E-state index in [-0.39, 0.29) is 5.91 Å². The highest BCUT2D eigenvalue weighted by molar-refractivity contribution is 5.79. The maximum absolute atomic E-state index is 12.1. The Balaban J connectivity index is 1.97. The summed E-state index contributed by atoms with van der Waals surface area (Å²) in [4.78, 5) is 18.1. The smallest absolute Gasteiger partial charge is 0.227 e. The molecule has 86 valence electrons. The third kappa shape index (κ3) is 2.60. The Morgan fingerprint density at radius 3 is 3.12 bits per heavy atom. The topological polar surface area (TPSA) is 33.2 Å². The lowest BCUT2D eigenvalue weighted by molar-refractivity contribution is -0.133. The lowest BCUT2D eigenvalue weighted by Crippen LogP contribution is -2.42. The van der Waals surface area contributed by atoms with Crippen LogP contribution in [0.5, 0.6) is 0 Å². The van der Waals surface area contributed by atoms with Crippen molar-refractivity contribution in [3.05, 3.63) is 30.1 Å². The number of amides is 1. The number of pyridine rings is 1. The van der Waals surface area contributed by atoms with E-state index in [0.717, 1.165) is 24.9 Å². The van der Waals surface area contributed by atoms with Crippen LogP contribution in [0.1, 0.15) is 31.7 Å². The maximum atomic E-state index is 12.1. The number of likely N-dealkylation sites (tertiary alicyclic amines) is 1. The fourth-order valence-electron chi connectivity index (χ4n) is 2.25. The average Bonchev–Trinajstić information content (AvgIpc) is 2.31. The molecule has 1 amide bonds. The van der Waals surface area contributed by atoms with Crippen LogP contribution in [0.4, 0.5) is 0 Å². The first kappa shape index (κ1) is 11.1. The molecule has 1 saturated heterocycles. The second-order valence-electron chi connectivity index (χ2n) is 4.47. The highest BCUT2D eigenvalue weighted by atomic mass is 16.2. The summed E-state index contributed by atoms with van der Waals surface area (Å²) in [5.74, 6) is 0.236. The van der Waals surface area contributed by atoms with E-state index in [0.29, 0.717) is 12.5 Å². The van der Waals surface area contributed by atoms with Gasteiger partial charge in [-0.15, -0.1) is 0 Å². The highest BCUT2D eigenvalue weighted by Crippen LogP contribution is 2.17. The molecule has 3 heteroatoms. The molecule has 0 spiro atoms. The molecule has 0 radical (unpaired) electrons. The normalized spacial score (nSPS) is 20.8. The van der Waals surface area contributed by atoms with Gasteiger partial charge in [-0.2, -0.15) is 0 Å². The van der Waals surface area contributed by atoms with Gasteiger partial charge in [0.15, 0.2) is 0 Å². The van der Waals surface area contributed by atoms with Gasteiger partial charge in [0, 0.05) is 25.0 Å². The number of piperidine rings is 1. The number of hydrogen-bond acceptors (Lipinski definition) is 2. The molecule has 16 heavy (non-hydrogen) atoms. The van der Waals surface area contributed by atoms with Crippen molar-refractivity contribution in [3.63, 3.8) is 0 Å². The standard InChI is InChI=1S/C13H18N2O/c1-11-5-2-3-8-15(11)13(16)9-12-6-4-7-14-10-12/h4,6-7,10-11H,2-3,5,8-9H2,1H3/t11-/m1/s1. The van der Waals surface area contributed by atoms with Crippen LogP contribution in [-0.4, -0.2) is 28.4 Å². The SMILES string of the molecule is C[C@@H]1CCCCN1C(=O)Cc1cccnc1. The average molecular weight is 218 g/mol. The predicted octanol–water partition coefficient (Wildman–Crippen LogP) is 2.03. The zero-order valence-corrected chi connectivity index (χ0v) is 9.72. The van der Waals surface area contributed by atoms with E-state index in [1.807, 2.05) is 17.0 Å². The number of carbonyl (C=O) groups is 1. The molecule has 0 aliphatic carbocycles. The first-order valence-electron chi connectivity index (χ1n) is 5.96. The Hall–Kier alpha value is -1.38. The van der Waals surface area contributed by atoms with E-state index in [2.05, 4.69) is 11.9 Å². The van der Waals surface area contributed by atoms with Gasteiger partial charge >= 0.3 is 0 Å². The summed E-state index contributed by atoms with van der Waals surface area (Å²) in [6, 6.07) is 4.24. The van der Waals surface area contributed by atoms with Gasteiger partial charge < -0.3 is 4.90 Å². The highest BCUT2D eigenvalue weighted by Gasteiger charge is 2.22. The molecular weight excluding hydrogens is 200 g/mol. The first-order valence-corrected chi connectivity index (χ1v) is 5.96. The Bertz CT molecular complexity index is 350. The number of hydrogen-bond donors (Lipinski definition) is 0. The van der Waals surface area contributed by atoms with E-state index >= 15 is 0 Å². The van der Waals surface area contributed by atoms with Crippen molar-refractivity contribution in [2.75, 3.05) is 6.54 Å². The van der Waals surface area contributed by atoms with Crippen LogP contribution in [0, 0.1) is 0 Å². The third-order valence-corrected chi connectivity index (χ3v) is 3.20. The third-order valence-electron chi connectivity index (χ3n) is 3.20. The zero-order valence-electron chi connectivity index (χ0n) is 9.72. The van der Waals surface area contributed by atoms with Gasteiger partial charge in [-0.05, 0) is 37.8 Å². The summed E-state index contributed by atoms with van der Waals surface area (Å²) in [5.41, 5.74) is 1.00. The van der Waals surface area contributed by atoms with E-state index in [1.54, 1.807) is 12.4 Å². The summed E-state index contributed by atoms with van der Waals surface area (Å²) in [6.07, 6.45) is 7.52. The van der Waals surface area contributed by atoms with Crippen LogP contribution in [0.3, 0.4) is 0 Å². The summed E-state index contributed by atoms with van der Waals surface area (Å²) in [6.45, 7) is 3.06. The minimum atomic E-state index is 0.236. The van der Waals surface area contributed by atoms with E-state index in [1.165, 1.54) is 6.42 Å². The van der Waals surface area contributed by atoms with Crippen LogP contribution in [0.2, 0.25) is 0 Å². The molecule has 3 nitrogen and oxygen atoms in total. The van der Waals surface area contributed by atoms with Crippen LogP contribution in [0.25, 0.3) is 0 Å². The molecule has 0 unspecified atom stereocenters. The second kappa shape index (κ2) is 5.10. The van der Waals surface area contributed by atoms with Crippen LogP contribution < -0.4 is 0 Å². The Morgan fingerprint density at radius 1 is 1.56 bits per heavy atom. The van der Waals surface area contributed by atoms with Gasteiger partial charge in [0.05, 0.1) is 6.42 Å². The van der Waals surface area contributed by atoms with Crippen molar-refractivity contribution in [2.24, 2.45) is 0 Å². The number of carbonyl (C=O) groups excluding carboxylic acids is 1. The van der Waals surface area contributed by atoms with Crippen molar-refractivity contribution in [1.29, 1.82) is 0 Å². The molecule has 0 aromatic carbocycles. The van der Waals surface area contributed by atoms with Gasteiger partial charge in [-0.1, -0.05) is 6.07 Å². The van der Waals surface area contributed by atoms with Gasteiger partial charge in [0.1, 0.15) is 0 Å². The molecule has 1 aromatic rings. The summed E-state index contributed by atoms with van der Waals surface area (Å²) < 4.78 is 0. The van der Waals surface area contributed by atoms with Gasteiger partial charge in [0.25, 0.3) is 0 Å².